The van der Waals surface area contributed by atoms with E-state index in [1.54, 1.807) is 6.07 Å². The predicted octanol–water partition coefficient (Wildman–Crippen LogP) is 6.62. The largest absolute Gasteiger partial charge is 0.369 e. The van der Waals surface area contributed by atoms with Crippen molar-refractivity contribution in [1.29, 1.82) is 0 Å². The number of alkyl halides is 8. The molecule has 2 rings (SSSR count). The minimum atomic E-state index is -2.03. The lowest BCUT2D eigenvalue weighted by Gasteiger charge is -2.23. The second kappa shape index (κ2) is 10.1. The van der Waals surface area contributed by atoms with E-state index in [-0.39, 0.29) is 23.0 Å². The maximum absolute atomic E-state index is 14.8. The van der Waals surface area contributed by atoms with Crippen LogP contribution in [0, 0.1) is 5.82 Å². The van der Waals surface area contributed by atoms with Crippen LogP contribution in [0.1, 0.15) is 11.6 Å². The number of halogens is 9. The van der Waals surface area contributed by atoms with E-state index in [9.17, 15) is 4.39 Å². The Labute approximate surface area is 201 Å². The fourth-order valence-corrected chi connectivity index (χ4v) is 3.12. The first-order valence-corrected chi connectivity index (χ1v) is 10.9. The van der Waals surface area contributed by atoms with Crippen molar-refractivity contribution in [2.75, 3.05) is 29.7 Å². The van der Waals surface area contributed by atoms with E-state index in [0.29, 0.717) is 30.5 Å². The number of anilines is 1. The van der Waals surface area contributed by atoms with Gasteiger partial charge in [-0.3, -0.25) is 0 Å². The molecule has 1 heterocycles. The molecule has 0 N–H and O–H groups in total. The minimum Gasteiger partial charge on any atom is -0.369 e. The summed E-state index contributed by atoms with van der Waals surface area (Å²) < 4.78 is 10.8. The third kappa shape index (κ3) is 6.39. The molecule has 0 aliphatic heterocycles. The van der Waals surface area contributed by atoms with Crippen LogP contribution in [0.4, 0.5) is 10.1 Å². The summed E-state index contributed by atoms with van der Waals surface area (Å²) in [5.74, 6) is -0.692. The zero-order valence-electron chi connectivity index (χ0n) is 13.8. The van der Waals surface area contributed by atoms with Crippen molar-refractivity contribution >= 4 is 98.5 Å². The van der Waals surface area contributed by atoms with Crippen LogP contribution in [0.2, 0.25) is 0 Å². The highest BCUT2D eigenvalue weighted by Crippen LogP contribution is 2.41. The summed E-state index contributed by atoms with van der Waals surface area (Å²) in [7, 11) is 0. The summed E-state index contributed by atoms with van der Waals surface area (Å²) in [5.41, 5.74) is 0.591. The fraction of sp³-hybridized carbons (Fsp3) is 0.400. The molecule has 0 bridgehead atoms. The summed E-state index contributed by atoms with van der Waals surface area (Å²) in [6.45, 7) is 0.987. The summed E-state index contributed by atoms with van der Waals surface area (Å²) >= 11 is 46.6. The number of nitrogens with zero attached hydrogens (tertiary/aromatic N) is 4. The lowest BCUT2D eigenvalue weighted by Crippen LogP contribution is -2.27. The molecule has 4 nitrogen and oxygen atoms in total. The fourth-order valence-electron chi connectivity index (χ4n) is 2.21. The van der Waals surface area contributed by atoms with E-state index in [0.717, 1.165) is 0 Å². The van der Waals surface area contributed by atoms with Gasteiger partial charge in [0.15, 0.2) is 17.5 Å². The molecule has 0 unspecified atom stereocenters. The van der Waals surface area contributed by atoms with E-state index in [2.05, 4.69) is 15.0 Å². The standard InChI is InChI=1S/C15H11Cl8FN4/c16-3-5-28(6-4-17)8-1-2-9(10(24)7-8)11-25-12(14(18,19)20)27-13(26-11)15(21,22)23/h1-2,7H,3-6H2. The molecule has 1 aromatic heterocycles. The van der Waals surface area contributed by atoms with Gasteiger partial charge < -0.3 is 4.90 Å². The van der Waals surface area contributed by atoms with Gasteiger partial charge in [-0.1, -0.05) is 69.6 Å². The van der Waals surface area contributed by atoms with Crippen molar-refractivity contribution < 1.29 is 4.39 Å². The average molecular weight is 550 g/mol. The topological polar surface area (TPSA) is 41.9 Å². The predicted molar refractivity (Wildman–Crippen MR) is 117 cm³/mol. The van der Waals surface area contributed by atoms with E-state index in [1.807, 2.05) is 4.90 Å². The molecule has 13 heteroatoms. The Hall–Kier alpha value is 0.280. The first-order valence-electron chi connectivity index (χ1n) is 7.54. The van der Waals surface area contributed by atoms with Gasteiger partial charge in [0.1, 0.15) is 5.82 Å². The summed E-state index contributed by atoms with van der Waals surface area (Å²) in [6, 6.07) is 4.41. The second-order valence-corrected chi connectivity index (χ2v) is 10.6. The van der Waals surface area contributed by atoms with E-state index < -0.39 is 13.4 Å². The van der Waals surface area contributed by atoms with Gasteiger partial charge in [0, 0.05) is 30.5 Å². The SMILES string of the molecule is Fc1cc(N(CCCl)CCCl)ccc1-c1nc(C(Cl)(Cl)Cl)nc(C(Cl)(Cl)Cl)n1. The lowest BCUT2D eigenvalue weighted by molar-refractivity contribution is 0.628. The van der Waals surface area contributed by atoms with E-state index in [1.165, 1.54) is 12.1 Å². The van der Waals surface area contributed by atoms with Gasteiger partial charge in [-0.25, -0.2) is 19.3 Å². The Morgan fingerprint density at radius 3 is 1.71 bits per heavy atom. The Kier molecular flexibility index (Phi) is 8.82. The number of aromatic nitrogens is 3. The summed E-state index contributed by atoms with van der Waals surface area (Å²) in [5, 5.41) is 0. The molecule has 0 atom stereocenters. The molecule has 0 spiro atoms. The van der Waals surface area contributed by atoms with E-state index >= 15 is 0 Å². The Morgan fingerprint density at radius 2 is 1.32 bits per heavy atom. The zero-order chi connectivity index (χ0) is 21.1. The molecular formula is C15H11Cl8FN4. The highest BCUT2D eigenvalue weighted by atomic mass is 35.6. The van der Waals surface area contributed by atoms with Gasteiger partial charge in [0.2, 0.25) is 7.59 Å². The molecule has 0 fully saturated rings. The third-order valence-electron chi connectivity index (χ3n) is 3.41. The van der Waals surface area contributed by atoms with Gasteiger partial charge in [-0.05, 0) is 18.2 Å². The Bertz CT molecular complexity index is 786. The smallest absolute Gasteiger partial charge is 0.250 e. The maximum Gasteiger partial charge on any atom is 0.250 e. The van der Waals surface area contributed by atoms with Crippen LogP contribution < -0.4 is 4.90 Å². The molecular weight excluding hydrogens is 539 g/mol. The molecule has 0 amide bonds. The van der Waals surface area contributed by atoms with Crippen LogP contribution in [0.15, 0.2) is 18.2 Å². The van der Waals surface area contributed by atoms with Crippen LogP contribution in [-0.2, 0) is 7.59 Å². The van der Waals surface area contributed by atoms with Crippen molar-refractivity contribution in [2.24, 2.45) is 0 Å². The zero-order valence-corrected chi connectivity index (χ0v) is 19.8. The average Bonchev–Trinajstić information content (AvgIpc) is 2.59. The molecule has 2 aromatic rings. The molecule has 28 heavy (non-hydrogen) atoms. The van der Waals surface area contributed by atoms with Crippen LogP contribution in [0.3, 0.4) is 0 Å². The van der Waals surface area contributed by atoms with Crippen LogP contribution in [0.25, 0.3) is 11.4 Å². The van der Waals surface area contributed by atoms with Crippen molar-refractivity contribution in [2.45, 2.75) is 7.59 Å². The Balaban J connectivity index is 2.55. The molecule has 1 aromatic carbocycles. The van der Waals surface area contributed by atoms with Crippen LogP contribution >= 0.6 is 92.8 Å². The first kappa shape index (κ1) is 24.5. The molecule has 0 saturated heterocycles. The quantitative estimate of drug-likeness (QED) is 0.380. The number of hydrogen-bond acceptors (Lipinski definition) is 4. The maximum atomic E-state index is 14.8. The van der Waals surface area contributed by atoms with Gasteiger partial charge in [-0.2, -0.15) is 0 Å². The highest BCUT2D eigenvalue weighted by Gasteiger charge is 2.34. The molecule has 0 radical (unpaired) electrons. The van der Waals surface area contributed by atoms with Crippen LogP contribution in [0.5, 0.6) is 0 Å². The van der Waals surface area contributed by atoms with E-state index in [4.69, 9.17) is 92.8 Å². The van der Waals surface area contributed by atoms with Gasteiger partial charge in [0.25, 0.3) is 0 Å². The molecule has 0 saturated carbocycles. The number of hydrogen-bond donors (Lipinski definition) is 0. The lowest BCUT2D eigenvalue weighted by atomic mass is 10.1. The second-order valence-electron chi connectivity index (χ2n) is 5.33. The van der Waals surface area contributed by atoms with Crippen molar-refractivity contribution in [1.82, 2.24) is 15.0 Å². The highest BCUT2D eigenvalue weighted by molar-refractivity contribution is 6.67. The first-order chi connectivity index (χ1) is 13.0. The van der Waals surface area contributed by atoms with Crippen LogP contribution in [-0.4, -0.2) is 39.8 Å². The monoisotopic (exact) mass is 546 g/mol. The third-order valence-corrected chi connectivity index (χ3v) is 4.76. The summed E-state index contributed by atoms with van der Waals surface area (Å²) in [4.78, 5) is 13.7. The normalized spacial score (nSPS) is 12.3. The molecule has 0 aliphatic carbocycles. The Morgan fingerprint density at radius 1 is 0.821 bits per heavy atom. The van der Waals surface area contributed by atoms with Gasteiger partial charge in [-0.15, -0.1) is 23.2 Å². The van der Waals surface area contributed by atoms with Crippen molar-refractivity contribution in [3.05, 3.63) is 35.7 Å². The number of benzene rings is 1. The summed E-state index contributed by atoms with van der Waals surface area (Å²) in [6.07, 6.45) is 0. The number of rotatable bonds is 6. The van der Waals surface area contributed by atoms with Crippen molar-refractivity contribution in [3.63, 3.8) is 0 Å². The van der Waals surface area contributed by atoms with Crippen molar-refractivity contribution in [3.8, 4) is 11.4 Å². The molecule has 154 valence electrons. The minimum absolute atomic E-state index is 0.00819. The molecule has 0 aliphatic rings. The van der Waals surface area contributed by atoms with Gasteiger partial charge in [0.05, 0.1) is 5.56 Å². The van der Waals surface area contributed by atoms with Gasteiger partial charge >= 0.3 is 0 Å².